The molecule has 0 unspecified atom stereocenters. The Morgan fingerprint density at radius 3 is 2.37 bits per heavy atom. The van der Waals surface area contributed by atoms with Gasteiger partial charge in [-0.1, -0.05) is 44.7 Å². The maximum atomic E-state index is 5.75. The number of nitrogens with zero attached hydrogens (tertiary/aromatic N) is 6. The van der Waals surface area contributed by atoms with E-state index in [0.29, 0.717) is 28.6 Å². The molecule has 2 heterocycles. The fraction of sp³-hybridized carbons (Fsp3) is 0.389. The lowest BCUT2D eigenvalue weighted by Crippen LogP contribution is -2.15. The van der Waals surface area contributed by atoms with Gasteiger partial charge in [-0.3, -0.25) is 0 Å². The third-order valence-electron chi connectivity index (χ3n) is 3.82. The number of rotatable bonds is 5. The fourth-order valence-corrected chi connectivity index (χ4v) is 2.93. The first-order chi connectivity index (χ1) is 12.7. The third-order valence-corrected chi connectivity index (χ3v) is 4.63. The van der Waals surface area contributed by atoms with Crippen LogP contribution in [0.2, 0.25) is 0 Å². The molecule has 27 heavy (non-hydrogen) atoms. The van der Waals surface area contributed by atoms with Crippen molar-refractivity contribution in [3.05, 3.63) is 35.7 Å². The van der Waals surface area contributed by atoms with Crippen molar-refractivity contribution in [2.24, 2.45) is 0 Å². The maximum absolute atomic E-state index is 5.75. The van der Waals surface area contributed by atoms with Crippen LogP contribution in [-0.4, -0.2) is 39.2 Å². The molecule has 0 bridgehead atoms. The highest BCUT2D eigenvalue weighted by atomic mass is 32.2. The summed E-state index contributed by atoms with van der Waals surface area (Å²) in [5.41, 5.74) is 7.99. The van der Waals surface area contributed by atoms with E-state index >= 15 is 0 Å². The van der Waals surface area contributed by atoms with E-state index in [0.717, 1.165) is 5.56 Å². The van der Waals surface area contributed by atoms with Gasteiger partial charge in [0.15, 0.2) is 0 Å². The Balaban J connectivity index is 1.70. The van der Waals surface area contributed by atoms with Crippen LogP contribution >= 0.6 is 11.8 Å². The molecule has 0 amide bonds. The minimum Gasteiger partial charge on any atom is -0.411 e. The van der Waals surface area contributed by atoms with Crippen LogP contribution in [0.5, 0.6) is 0 Å². The zero-order chi connectivity index (χ0) is 19.6. The van der Waals surface area contributed by atoms with Gasteiger partial charge < -0.3 is 15.1 Å². The monoisotopic (exact) mass is 385 g/mol. The maximum Gasteiger partial charge on any atom is 0.277 e. The molecule has 3 aromatic rings. The standard InChI is InChI=1S/C18H23N7OS/c1-18(2,3)12-8-6-11(7-9-12)14-23-24-17(26-14)27-10-13-20-15(19)22-16(21-13)25(4)5/h6-9H,10H2,1-5H3,(H2,19,20,21,22). The number of anilines is 2. The van der Waals surface area contributed by atoms with Gasteiger partial charge in [0.1, 0.15) is 5.82 Å². The van der Waals surface area contributed by atoms with E-state index in [2.05, 4.69) is 58.1 Å². The highest BCUT2D eigenvalue weighted by molar-refractivity contribution is 7.98. The van der Waals surface area contributed by atoms with Crippen molar-refractivity contribution in [1.29, 1.82) is 0 Å². The normalized spacial score (nSPS) is 11.6. The van der Waals surface area contributed by atoms with Crippen LogP contribution in [0.25, 0.3) is 11.5 Å². The summed E-state index contributed by atoms with van der Waals surface area (Å²) in [5.74, 6) is 2.21. The summed E-state index contributed by atoms with van der Waals surface area (Å²) < 4.78 is 5.75. The summed E-state index contributed by atoms with van der Waals surface area (Å²) >= 11 is 1.36. The molecular formula is C18H23N7OS. The van der Waals surface area contributed by atoms with Crippen LogP contribution < -0.4 is 10.6 Å². The highest BCUT2D eigenvalue weighted by Gasteiger charge is 2.15. The van der Waals surface area contributed by atoms with Crippen LogP contribution in [0.4, 0.5) is 11.9 Å². The van der Waals surface area contributed by atoms with E-state index in [1.165, 1.54) is 17.3 Å². The molecule has 0 aliphatic carbocycles. The van der Waals surface area contributed by atoms with Crippen molar-refractivity contribution in [3.63, 3.8) is 0 Å². The summed E-state index contributed by atoms with van der Waals surface area (Å²) in [4.78, 5) is 14.4. The zero-order valence-electron chi connectivity index (χ0n) is 16.1. The van der Waals surface area contributed by atoms with Crippen LogP contribution in [0.3, 0.4) is 0 Å². The smallest absolute Gasteiger partial charge is 0.277 e. The predicted molar refractivity (Wildman–Crippen MR) is 107 cm³/mol. The Hall–Kier alpha value is -2.68. The van der Waals surface area contributed by atoms with Gasteiger partial charge in [0, 0.05) is 19.7 Å². The number of aromatic nitrogens is 5. The second-order valence-corrected chi connectivity index (χ2v) is 8.22. The summed E-state index contributed by atoms with van der Waals surface area (Å²) in [5, 5.41) is 8.68. The van der Waals surface area contributed by atoms with Crippen LogP contribution in [-0.2, 0) is 11.2 Å². The summed E-state index contributed by atoms with van der Waals surface area (Å²) in [6, 6.07) is 8.17. The molecule has 8 nitrogen and oxygen atoms in total. The van der Waals surface area contributed by atoms with Gasteiger partial charge in [0.2, 0.25) is 17.8 Å². The lowest BCUT2D eigenvalue weighted by atomic mass is 9.87. The number of nitrogens with two attached hydrogens (primary N) is 1. The van der Waals surface area contributed by atoms with E-state index in [4.69, 9.17) is 10.2 Å². The molecule has 2 N–H and O–H groups in total. The highest BCUT2D eigenvalue weighted by Crippen LogP contribution is 2.28. The van der Waals surface area contributed by atoms with Crippen LogP contribution in [0.15, 0.2) is 33.9 Å². The van der Waals surface area contributed by atoms with Crippen molar-refractivity contribution >= 4 is 23.7 Å². The molecule has 0 saturated heterocycles. The average Bonchev–Trinajstić information content (AvgIpc) is 3.08. The minimum atomic E-state index is 0.103. The van der Waals surface area contributed by atoms with Crippen LogP contribution in [0.1, 0.15) is 32.2 Å². The van der Waals surface area contributed by atoms with Crippen molar-refractivity contribution in [2.75, 3.05) is 24.7 Å². The lowest BCUT2D eigenvalue weighted by molar-refractivity contribution is 0.465. The first-order valence-electron chi connectivity index (χ1n) is 8.47. The summed E-state index contributed by atoms with van der Waals surface area (Å²) in [7, 11) is 3.70. The number of nitrogen functional groups attached to an aromatic ring is 1. The van der Waals surface area contributed by atoms with Gasteiger partial charge >= 0.3 is 0 Å². The average molecular weight is 385 g/mol. The second-order valence-electron chi connectivity index (χ2n) is 7.29. The molecule has 0 radical (unpaired) electrons. The quantitative estimate of drug-likeness (QED) is 0.663. The van der Waals surface area contributed by atoms with Crippen molar-refractivity contribution < 1.29 is 4.42 Å². The topological polar surface area (TPSA) is 107 Å². The number of benzene rings is 1. The number of hydrogen-bond donors (Lipinski definition) is 1. The fourth-order valence-electron chi connectivity index (χ4n) is 2.31. The Labute approximate surface area is 162 Å². The van der Waals surface area contributed by atoms with Crippen molar-refractivity contribution in [3.8, 4) is 11.5 Å². The molecule has 9 heteroatoms. The first-order valence-corrected chi connectivity index (χ1v) is 9.46. The van der Waals surface area contributed by atoms with E-state index < -0.39 is 0 Å². The molecule has 0 saturated carbocycles. The molecule has 2 aromatic heterocycles. The summed E-state index contributed by atoms with van der Waals surface area (Å²) in [6.07, 6.45) is 0. The molecule has 0 aliphatic heterocycles. The SMILES string of the molecule is CN(C)c1nc(N)nc(CSc2nnc(-c3ccc(C(C)(C)C)cc3)o2)n1. The molecule has 0 spiro atoms. The van der Waals surface area contributed by atoms with Gasteiger partial charge in [0.05, 0.1) is 5.75 Å². The Kier molecular flexibility index (Phi) is 5.31. The first kappa shape index (κ1) is 19.1. The number of thioether (sulfide) groups is 1. The largest absolute Gasteiger partial charge is 0.411 e. The van der Waals surface area contributed by atoms with Gasteiger partial charge in [-0.25, -0.2) is 0 Å². The van der Waals surface area contributed by atoms with E-state index in [-0.39, 0.29) is 11.4 Å². The van der Waals surface area contributed by atoms with Crippen molar-refractivity contribution in [1.82, 2.24) is 25.1 Å². The van der Waals surface area contributed by atoms with E-state index in [1.807, 2.05) is 26.2 Å². The Morgan fingerprint density at radius 2 is 1.74 bits per heavy atom. The molecule has 0 fully saturated rings. The number of hydrogen-bond acceptors (Lipinski definition) is 9. The second kappa shape index (κ2) is 7.51. The van der Waals surface area contributed by atoms with E-state index in [9.17, 15) is 0 Å². The molecular weight excluding hydrogens is 362 g/mol. The van der Waals surface area contributed by atoms with Gasteiger partial charge in [-0.15, -0.1) is 10.2 Å². The zero-order valence-corrected chi connectivity index (χ0v) is 16.9. The Morgan fingerprint density at radius 1 is 1.04 bits per heavy atom. The van der Waals surface area contributed by atoms with Crippen molar-refractivity contribution in [2.45, 2.75) is 37.2 Å². The third kappa shape index (κ3) is 4.73. The van der Waals surface area contributed by atoms with Gasteiger partial charge in [-0.2, -0.15) is 15.0 Å². The van der Waals surface area contributed by atoms with Gasteiger partial charge in [0.25, 0.3) is 5.22 Å². The summed E-state index contributed by atoms with van der Waals surface area (Å²) in [6.45, 7) is 6.54. The molecule has 1 aromatic carbocycles. The molecule has 142 valence electrons. The minimum absolute atomic E-state index is 0.103. The molecule has 3 rings (SSSR count). The van der Waals surface area contributed by atoms with Crippen LogP contribution in [0, 0.1) is 0 Å². The van der Waals surface area contributed by atoms with Gasteiger partial charge in [-0.05, 0) is 23.1 Å². The predicted octanol–water partition coefficient (Wildman–Crippen LogP) is 3.16. The Bertz CT molecular complexity index is 916. The molecule has 0 aliphatic rings. The lowest BCUT2D eigenvalue weighted by Gasteiger charge is -2.18. The molecule has 0 atom stereocenters. The van der Waals surface area contributed by atoms with E-state index in [1.54, 1.807) is 4.90 Å².